The van der Waals surface area contributed by atoms with Gasteiger partial charge in [0.05, 0.1) is 11.1 Å². The topological polar surface area (TPSA) is 72.2 Å². The molecule has 4 nitrogen and oxygen atoms in total. The summed E-state index contributed by atoms with van der Waals surface area (Å²) < 4.78 is 0. The van der Waals surface area contributed by atoms with Crippen molar-refractivity contribution in [1.82, 2.24) is 0 Å². The monoisotopic (exact) mass is 308 g/mol. The van der Waals surface area contributed by atoms with Gasteiger partial charge in [0.2, 0.25) is 0 Å². The SMILES string of the molecule is Cc1cc(C(=O)Nc2sc(C)c(C)c2C(N)=O)c(C)s1. The quantitative estimate of drug-likeness (QED) is 0.912. The molecule has 106 valence electrons. The highest BCUT2D eigenvalue weighted by molar-refractivity contribution is 7.17. The lowest BCUT2D eigenvalue weighted by molar-refractivity contribution is 0.100. The number of amides is 2. The van der Waals surface area contributed by atoms with Crippen molar-refractivity contribution in [3.05, 3.63) is 37.4 Å². The first-order valence-corrected chi connectivity index (χ1v) is 7.72. The van der Waals surface area contributed by atoms with E-state index in [9.17, 15) is 9.59 Å². The predicted molar refractivity (Wildman–Crippen MR) is 84.1 cm³/mol. The maximum atomic E-state index is 12.3. The van der Waals surface area contributed by atoms with E-state index in [1.807, 2.05) is 33.8 Å². The van der Waals surface area contributed by atoms with E-state index >= 15 is 0 Å². The Balaban J connectivity index is 2.35. The van der Waals surface area contributed by atoms with Crippen LogP contribution in [-0.4, -0.2) is 11.8 Å². The Labute approximate surface area is 125 Å². The number of thiophene rings is 2. The smallest absolute Gasteiger partial charge is 0.257 e. The molecule has 0 radical (unpaired) electrons. The Morgan fingerprint density at radius 2 is 1.75 bits per heavy atom. The van der Waals surface area contributed by atoms with E-state index in [-0.39, 0.29) is 5.91 Å². The van der Waals surface area contributed by atoms with E-state index in [2.05, 4.69) is 5.32 Å². The van der Waals surface area contributed by atoms with Crippen LogP contribution in [0.1, 0.15) is 40.9 Å². The molecule has 0 spiro atoms. The standard InChI is InChI=1S/C14H16N2O2S2/c1-6-5-10(9(4)19-6)13(18)16-14-11(12(15)17)7(2)8(3)20-14/h5H,1-4H3,(H2,15,17)(H,16,18). The third kappa shape index (κ3) is 2.62. The van der Waals surface area contributed by atoms with Crippen molar-refractivity contribution >= 4 is 39.5 Å². The number of primary amides is 1. The summed E-state index contributed by atoms with van der Waals surface area (Å²) in [5, 5.41) is 3.34. The van der Waals surface area contributed by atoms with Crippen LogP contribution in [-0.2, 0) is 0 Å². The van der Waals surface area contributed by atoms with Gasteiger partial charge in [0.15, 0.2) is 0 Å². The number of rotatable bonds is 3. The molecule has 0 aliphatic heterocycles. The number of aryl methyl sites for hydroxylation is 3. The summed E-state index contributed by atoms with van der Waals surface area (Å²) in [6.07, 6.45) is 0. The molecule has 0 aliphatic rings. The maximum Gasteiger partial charge on any atom is 0.257 e. The second-order valence-corrected chi connectivity index (χ2v) is 7.32. The Morgan fingerprint density at radius 1 is 1.10 bits per heavy atom. The highest BCUT2D eigenvalue weighted by atomic mass is 32.1. The molecule has 3 N–H and O–H groups in total. The zero-order valence-corrected chi connectivity index (χ0v) is 13.4. The molecule has 2 aromatic heterocycles. The summed E-state index contributed by atoms with van der Waals surface area (Å²) in [6, 6.07) is 1.85. The fraction of sp³-hybridized carbons (Fsp3) is 0.286. The lowest BCUT2D eigenvalue weighted by Gasteiger charge is -2.04. The van der Waals surface area contributed by atoms with Gasteiger partial charge >= 0.3 is 0 Å². The Morgan fingerprint density at radius 3 is 2.25 bits per heavy atom. The Hall–Kier alpha value is -1.66. The van der Waals surface area contributed by atoms with Crippen LogP contribution in [0.15, 0.2) is 6.07 Å². The number of anilines is 1. The minimum Gasteiger partial charge on any atom is -0.365 e. The minimum atomic E-state index is -0.514. The van der Waals surface area contributed by atoms with Gasteiger partial charge in [-0.2, -0.15) is 0 Å². The molecular formula is C14H16N2O2S2. The van der Waals surface area contributed by atoms with Crippen LogP contribution < -0.4 is 11.1 Å². The predicted octanol–water partition coefficient (Wildman–Crippen LogP) is 3.39. The molecule has 2 rings (SSSR count). The number of carbonyl (C=O) groups excluding carboxylic acids is 2. The lowest BCUT2D eigenvalue weighted by atomic mass is 10.1. The van der Waals surface area contributed by atoms with E-state index in [0.29, 0.717) is 16.1 Å². The van der Waals surface area contributed by atoms with Gasteiger partial charge < -0.3 is 11.1 Å². The molecule has 0 fully saturated rings. The molecule has 2 aromatic rings. The van der Waals surface area contributed by atoms with Crippen LogP contribution in [0.3, 0.4) is 0 Å². The summed E-state index contributed by atoms with van der Waals surface area (Å²) in [5.74, 6) is -0.712. The van der Waals surface area contributed by atoms with E-state index in [1.54, 1.807) is 11.3 Å². The van der Waals surface area contributed by atoms with Crippen LogP contribution in [0.4, 0.5) is 5.00 Å². The van der Waals surface area contributed by atoms with Crippen molar-refractivity contribution in [2.45, 2.75) is 27.7 Å². The van der Waals surface area contributed by atoms with E-state index < -0.39 is 5.91 Å². The molecule has 0 atom stereocenters. The third-order valence-corrected chi connectivity index (χ3v) is 5.23. The van der Waals surface area contributed by atoms with Gasteiger partial charge in [-0.15, -0.1) is 22.7 Å². The number of hydrogen-bond acceptors (Lipinski definition) is 4. The first-order valence-electron chi connectivity index (χ1n) is 6.09. The van der Waals surface area contributed by atoms with E-state index in [1.165, 1.54) is 11.3 Å². The first kappa shape index (κ1) is 14.7. The molecular weight excluding hydrogens is 292 g/mol. The normalized spacial score (nSPS) is 10.6. The first-order chi connectivity index (χ1) is 9.31. The van der Waals surface area contributed by atoms with Gasteiger partial charge in [0.1, 0.15) is 5.00 Å². The molecule has 0 saturated heterocycles. The summed E-state index contributed by atoms with van der Waals surface area (Å²) in [4.78, 5) is 26.8. The third-order valence-electron chi connectivity index (χ3n) is 3.14. The molecule has 2 amide bonds. The fourth-order valence-corrected chi connectivity index (χ4v) is 4.02. The van der Waals surface area contributed by atoms with Gasteiger partial charge in [-0.05, 0) is 39.3 Å². The largest absolute Gasteiger partial charge is 0.365 e. The van der Waals surface area contributed by atoms with Crippen molar-refractivity contribution in [1.29, 1.82) is 0 Å². The molecule has 2 heterocycles. The minimum absolute atomic E-state index is 0.199. The summed E-state index contributed by atoms with van der Waals surface area (Å²) in [6.45, 7) is 7.61. The number of nitrogens with one attached hydrogen (secondary N) is 1. The van der Waals surface area contributed by atoms with E-state index in [0.717, 1.165) is 20.2 Å². The van der Waals surface area contributed by atoms with Gasteiger partial charge in [0.25, 0.3) is 11.8 Å². The Bertz CT molecular complexity index is 698. The Kier molecular flexibility index (Phi) is 3.96. The van der Waals surface area contributed by atoms with Gasteiger partial charge in [-0.1, -0.05) is 0 Å². The summed E-state index contributed by atoms with van der Waals surface area (Å²) >= 11 is 2.95. The molecule has 0 aromatic carbocycles. The number of carbonyl (C=O) groups is 2. The molecule has 6 heteroatoms. The average Bonchev–Trinajstić information content (AvgIpc) is 2.80. The van der Waals surface area contributed by atoms with Gasteiger partial charge in [-0.25, -0.2) is 0 Å². The van der Waals surface area contributed by atoms with Crippen molar-refractivity contribution in [2.75, 3.05) is 5.32 Å². The van der Waals surface area contributed by atoms with Crippen LogP contribution in [0.5, 0.6) is 0 Å². The molecule has 0 unspecified atom stereocenters. The number of nitrogens with two attached hydrogens (primary N) is 1. The van der Waals surface area contributed by atoms with Crippen molar-refractivity contribution in [2.24, 2.45) is 5.73 Å². The molecule has 20 heavy (non-hydrogen) atoms. The molecule has 0 bridgehead atoms. The van der Waals surface area contributed by atoms with Crippen LogP contribution >= 0.6 is 22.7 Å². The number of hydrogen-bond donors (Lipinski definition) is 2. The zero-order chi connectivity index (χ0) is 15.0. The van der Waals surface area contributed by atoms with Crippen LogP contribution in [0, 0.1) is 27.7 Å². The second-order valence-electron chi connectivity index (χ2n) is 4.63. The van der Waals surface area contributed by atoms with Crippen molar-refractivity contribution < 1.29 is 9.59 Å². The van der Waals surface area contributed by atoms with Crippen LogP contribution in [0.25, 0.3) is 0 Å². The van der Waals surface area contributed by atoms with Crippen molar-refractivity contribution in [3.8, 4) is 0 Å². The van der Waals surface area contributed by atoms with Gasteiger partial charge in [-0.3, -0.25) is 9.59 Å². The molecule has 0 saturated carbocycles. The average molecular weight is 308 g/mol. The maximum absolute atomic E-state index is 12.3. The summed E-state index contributed by atoms with van der Waals surface area (Å²) in [5.41, 5.74) is 7.28. The highest BCUT2D eigenvalue weighted by Gasteiger charge is 2.20. The molecule has 0 aliphatic carbocycles. The zero-order valence-electron chi connectivity index (χ0n) is 11.8. The second kappa shape index (κ2) is 5.38. The van der Waals surface area contributed by atoms with E-state index in [4.69, 9.17) is 5.73 Å². The van der Waals surface area contributed by atoms with Crippen molar-refractivity contribution in [3.63, 3.8) is 0 Å². The van der Waals surface area contributed by atoms with Crippen LogP contribution in [0.2, 0.25) is 0 Å². The lowest BCUT2D eigenvalue weighted by Crippen LogP contribution is -2.17. The summed E-state index contributed by atoms with van der Waals surface area (Å²) in [7, 11) is 0. The highest BCUT2D eigenvalue weighted by Crippen LogP contribution is 2.33. The fourth-order valence-electron chi connectivity index (χ4n) is 2.04. The van der Waals surface area contributed by atoms with Gasteiger partial charge in [0, 0.05) is 14.6 Å².